The van der Waals surface area contributed by atoms with E-state index in [4.69, 9.17) is 4.74 Å². The maximum Gasteiger partial charge on any atom is 0.337 e. The monoisotopic (exact) mass is 238 g/mol. The van der Waals surface area contributed by atoms with Crippen molar-refractivity contribution in [3.05, 3.63) is 0 Å². The number of hydrogen-bond acceptors (Lipinski definition) is 3. The maximum atomic E-state index is 11.0. The Balaban J connectivity index is 3.90. The number of carbonyl (C=O) groups is 1. The molecule has 0 saturated heterocycles. The van der Waals surface area contributed by atoms with Crippen molar-refractivity contribution in [1.29, 1.82) is 0 Å². The van der Waals surface area contributed by atoms with Crippen LogP contribution in [0.15, 0.2) is 0 Å². The van der Waals surface area contributed by atoms with Gasteiger partial charge in [-0.15, -0.1) is 0 Å². The second-order valence-corrected chi connectivity index (χ2v) is 6.00. The second kappa shape index (κ2) is 3.75. The Hall–Kier alpha value is -0.0900. The van der Waals surface area contributed by atoms with Crippen molar-refractivity contribution < 1.29 is 14.6 Å². The quantitative estimate of drug-likeness (QED) is 0.599. The number of aliphatic hydroxyl groups is 1. The van der Waals surface area contributed by atoms with E-state index in [0.717, 1.165) is 0 Å². The molecule has 72 valence electrons. The Kier molecular flexibility index (Phi) is 3.72. The summed E-state index contributed by atoms with van der Waals surface area (Å²) in [5.74, 6) is -0.602. The molecule has 0 spiro atoms. The predicted octanol–water partition coefficient (Wildman–Crippen LogP) is 1.47. The van der Waals surface area contributed by atoms with E-state index in [2.05, 4.69) is 15.9 Å². The highest BCUT2D eigenvalue weighted by Crippen LogP contribution is 2.16. The van der Waals surface area contributed by atoms with Gasteiger partial charge in [-0.25, -0.2) is 4.79 Å². The van der Waals surface area contributed by atoms with Crippen molar-refractivity contribution in [3.63, 3.8) is 0 Å². The molecule has 0 rings (SSSR count). The van der Waals surface area contributed by atoms with Crippen molar-refractivity contribution in [3.8, 4) is 0 Å². The maximum absolute atomic E-state index is 11.0. The zero-order valence-electron chi connectivity index (χ0n) is 7.85. The van der Waals surface area contributed by atoms with Crippen LogP contribution in [0.1, 0.15) is 27.7 Å². The van der Waals surface area contributed by atoms with E-state index in [1.807, 2.05) is 13.8 Å². The summed E-state index contributed by atoms with van der Waals surface area (Å²) in [5.41, 5.74) is -1.40. The fraction of sp³-hybridized carbons (Fsp3) is 0.875. The van der Waals surface area contributed by atoms with Gasteiger partial charge in [0.1, 0.15) is 6.61 Å². The minimum absolute atomic E-state index is 0.242. The number of alkyl halides is 1. The Labute approximate surface area is 81.2 Å². The highest BCUT2D eigenvalue weighted by molar-refractivity contribution is 9.10. The van der Waals surface area contributed by atoms with Crippen LogP contribution in [0.3, 0.4) is 0 Å². The van der Waals surface area contributed by atoms with E-state index < -0.39 is 11.6 Å². The molecule has 0 aliphatic heterocycles. The molecule has 0 atom stereocenters. The smallest absolute Gasteiger partial charge is 0.337 e. The average molecular weight is 239 g/mol. The molecule has 0 aromatic carbocycles. The lowest BCUT2D eigenvalue weighted by Gasteiger charge is -2.20. The van der Waals surface area contributed by atoms with E-state index >= 15 is 0 Å². The van der Waals surface area contributed by atoms with Crippen molar-refractivity contribution in [2.24, 2.45) is 0 Å². The van der Waals surface area contributed by atoms with E-state index in [1.165, 1.54) is 13.8 Å². The number of carbonyl (C=O) groups excluding carboxylic acids is 1. The van der Waals surface area contributed by atoms with E-state index in [9.17, 15) is 9.90 Å². The molecule has 0 bridgehead atoms. The normalized spacial score (nSPS) is 12.8. The zero-order valence-corrected chi connectivity index (χ0v) is 9.43. The molecule has 0 radical (unpaired) electrons. The molecule has 0 aliphatic carbocycles. The summed E-state index contributed by atoms with van der Waals surface area (Å²) in [7, 11) is 0. The van der Waals surface area contributed by atoms with Gasteiger partial charge in [0.05, 0.1) is 4.32 Å². The lowest BCUT2D eigenvalue weighted by molar-refractivity contribution is -0.162. The third-order valence-corrected chi connectivity index (χ3v) is 1.27. The van der Waals surface area contributed by atoms with Crippen molar-refractivity contribution >= 4 is 21.9 Å². The first-order valence-electron chi connectivity index (χ1n) is 3.71. The zero-order chi connectivity index (χ0) is 9.99. The topological polar surface area (TPSA) is 46.5 Å². The summed E-state index contributed by atoms with van der Waals surface area (Å²) in [6, 6.07) is 0. The second-order valence-electron chi connectivity index (χ2n) is 3.85. The summed E-state index contributed by atoms with van der Waals surface area (Å²) in [6.07, 6.45) is 0. The van der Waals surface area contributed by atoms with Gasteiger partial charge in [0.25, 0.3) is 0 Å². The molecule has 0 fully saturated rings. The van der Waals surface area contributed by atoms with Crippen LogP contribution in [0.5, 0.6) is 0 Å². The molecule has 3 nitrogen and oxygen atoms in total. The predicted molar refractivity (Wildman–Crippen MR) is 50.3 cm³/mol. The molecule has 0 saturated carbocycles. The lowest BCUT2D eigenvalue weighted by atomic mass is 10.1. The molecule has 0 aromatic rings. The van der Waals surface area contributed by atoms with Crippen LogP contribution in [-0.4, -0.2) is 27.6 Å². The van der Waals surface area contributed by atoms with Gasteiger partial charge < -0.3 is 9.84 Å². The third kappa shape index (κ3) is 5.55. The van der Waals surface area contributed by atoms with Crippen molar-refractivity contribution in [2.45, 2.75) is 37.6 Å². The number of esters is 1. The largest absolute Gasteiger partial charge is 0.462 e. The van der Waals surface area contributed by atoms with Gasteiger partial charge in [0.2, 0.25) is 0 Å². The van der Waals surface area contributed by atoms with Crippen LogP contribution in [0.2, 0.25) is 0 Å². The van der Waals surface area contributed by atoms with Crippen molar-refractivity contribution in [2.75, 3.05) is 6.61 Å². The van der Waals surface area contributed by atoms with E-state index in [-0.39, 0.29) is 10.9 Å². The molecule has 1 N–H and O–H groups in total. The molecule has 0 aromatic heterocycles. The lowest BCUT2D eigenvalue weighted by Crippen LogP contribution is -2.35. The third-order valence-electron chi connectivity index (χ3n) is 1.05. The fourth-order valence-electron chi connectivity index (χ4n) is 0.414. The van der Waals surface area contributed by atoms with E-state index in [1.54, 1.807) is 0 Å². The van der Waals surface area contributed by atoms with Gasteiger partial charge in [-0.1, -0.05) is 15.9 Å². The van der Waals surface area contributed by atoms with Gasteiger partial charge in [-0.05, 0) is 27.7 Å². The highest BCUT2D eigenvalue weighted by atomic mass is 79.9. The first-order valence-corrected chi connectivity index (χ1v) is 4.51. The highest BCUT2D eigenvalue weighted by Gasteiger charge is 2.27. The molecule has 0 heterocycles. The number of halogens is 1. The molecule has 4 heteroatoms. The summed E-state index contributed by atoms with van der Waals surface area (Å²) in [4.78, 5) is 11.0. The minimum atomic E-state index is -1.40. The molecule has 0 amide bonds. The Morgan fingerprint density at radius 2 is 1.83 bits per heavy atom. The van der Waals surface area contributed by atoms with Gasteiger partial charge in [0, 0.05) is 0 Å². The summed E-state index contributed by atoms with van der Waals surface area (Å²) < 4.78 is 4.59. The van der Waals surface area contributed by atoms with Gasteiger partial charge in [0.15, 0.2) is 5.60 Å². The van der Waals surface area contributed by atoms with Crippen LogP contribution >= 0.6 is 15.9 Å². The fourth-order valence-corrected chi connectivity index (χ4v) is 0.528. The Bertz CT molecular complexity index is 164. The summed E-state index contributed by atoms with van der Waals surface area (Å²) in [5, 5.41) is 9.19. The van der Waals surface area contributed by atoms with Gasteiger partial charge in [-0.2, -0.15) is 0 Å². The van der Waals surface area contributed by atoms with Crippen LogP contribution in [-0.2, 0) is 9.53 Å². The van der Waals surface area contributed by atoms with Crippen LogP contribution < -0.4 is 0 Å². The standard InChI is InChI=1S/C8H15BrO3/c1-7(2,9)5-12-6(10)8(3,4)11/h11H,5H2,1-4H3. The van der Waals surface area contributed by atoms with Crippen molar-refractivity contribution in [1.82, 2.24) is 0 Å². The number of ether oxygens (including phenoxy) is 1. The van der Waals surface area contributed by atoms with Crippen LogP contribution in [0.4, 0.5) is 0 Å². The molecule has 0 aliphatic rings. The van der Waals surface area contributed by atoms with Gasteiger partial charge >= 0.3 is 5.97 Å². The molecule has 12 heavy (non-hydrogen) atoms. The number of hydrogen-bond donors (Lipinski definition) is 1. The molecule has 0 unspecified atom stereocenters. The first kappa shape index (κ1) is 11.9. The summed E-state index contributed by atoms with van der Waals surface area (Å²) in [6.45, 7) is 6.80. The SMILES string of the molecule is CC(C)(Br)COC(=O)C(C)(C)O. The average Bonchev–Trinajstić information content (AvgIpc) is 1.78. The molecular weight excluding hydrogens is 224 g/mol. The van der Waals surface area contributed by atoms with E-state index in [0.29, 0.717) is 0 Å². The minimum Gasteiger partial charge on any atom is -0.462 e. The summed E-state index contributed by atoms with van der Waals surface area (Å²) >= 11 is 3.31. The van der Waals surface area contributed by atoms with Crippen LogP contribution in [0, 0.1) is 0 Å². The number of rotatable bonds is 3. The van der Waals surface area contributed by atoms with Gasteiger partial charge in [-0.3, -0.25) is 0 Å². The first-order chi connectivity index (χ1) is 5.13. The Morgan fingerprint density at radius 1 is 1.42 bits per heavy atom. The van der Waals surface area contributed by atoms with Crippen LogP contribution in [0.25, 0.3) is 0 Å². The molecular formula is C8H15BrO3. The Morgan fingerprint density at radius 3 is 2.08 bits per heavy atom.